The van der Waals surface area contributed by atoms with Crippen LogP contribution in [0.2, 0.25) is 0 Å². The van der Waals surface area contributed by atoms with Crippen LogP contribution in [0.4, 0.5) is 19.0 Å². The third-order valence-electron chi connectivity index (χ3n) is 2.52. The maximum Gasteiger partial charge on any atom is 0.416 e. The molecule has 1 N–H and O–H groups in total. The van der Waals surface area contributed by atoms with Crippen LogP contribution in [-0.4, -0.2) is 22.2 Å². The summed E-state index contributed by atoms with van der Waals surface area (Å²) in [4.78, 5) is 16.1. The van der Waals surface area contributed by atoms with Crippen LogP contribution in [0.15, 0.2) is 18.3 Å². The lowest BCUT2D eigenvalue weighted by Gasteiger charge is -2.28. The van der Waals surface area contributed by atoms with E-state index < -0.39 is 23.9 Å². The molecule has 0 aliphatic rings. The highest BCUT2D eigenvalue weighted by Crippen LogP contribution is 2.31. The average Bonchev–Trinajstić information content (AvgIpc) is 2.27. The van der Waals surface area contributed by atoms with Crippen molar-refractivity contribution >= 4 is 11.7 Å². The van der Waals surface area contributed by atoms with Gasteiger partial charge in [0, 0.05) is 13.1 Å². The van der Waals surface area contributed by atoms with Crippen molar-refractivity contribution in [2.45, 2.75) is 33.2 Å². The van der Waals surface area contributed by atoms with Crippen LogP contribution >= 0.6 is 0 Å². The second-order valence-electron chi connectivity index (χ2n) is 4.45. The lowest BCUT2D eigenvalue weighted by molar-refractivity contribution is -0.137. The second-order valence-corrected chi connectivity index (χ2v) is 4.45. The van der Waals surface area contributed by atoms with Crippen molar-refractivity contribution in [1.29, 1.82) is 0 Å². The minimum absolute atomic E-state index is 0.219. The topological polar surface area (TPSA) is 53.4 Å². The Morgan fingerprint density at radius 3 is 2.42 bits per heavy atom. The SMILES string of the molecule is CC(=O)N(c1cc(C(F)(F)F)ccn1)C(O)C(C)C. The number of hydrogen-bond donors (Lipinski definition) is 1. The lowest BCUT2D eigenvalue weighted by atomic mass is 10.1. The molecule has 1 heterocycles. The predicted octanol–water partition coefficient (Wildman–Crippen LogP) is 2.43. The normalized spacial score (nSPS) is 13.5. The largest absolute Gasteiger partial charge is 0.416 e. The van der Waals surface area contributed by atoms with Crippen molar-refractivity contribution in [3.63, 3.8) is 0 Å². The number of aliphatic hydroxyl groups excluding tert-OH is 1. The Morgan fingerprint density at radius 2 is 2.00 bits per heavy atom. The van der Waals surface area contributed by atoms with E-state index in [9.17, 15) is 23.1 Å². The zero-order valence-electron chi connectivity index (χ0n) is 10.8. The van der Waals surface area contributed by atoms with E-state index in [-0.39, 0.29) is 11.7 Å². The Morgan fingerprint density at radius 1 is 1.42 bits per heavy atom. The van der Waals surface area contributed by atoms with Gasteiger partial charge in [0.1, 0.15) is 12.0 Å². The highest BCUT2D eigenvalue weighted by molar-refractivity contribution is 5.90. The highest BCUT2D eigenvalue weighted by atomic mass is 19.4. The molecular weight excluding hydrogens is 261 g/mol. The first-order chi connectivity index (χ1) is 8.64. The number of carbonyl (C=O) groups excluding carboxylic acids is 1. The van der Waals surface area contributed by atoms with Crippen molar-refractivity contribution < 1.29 is 23.1 Å². The minimum atomic E-state index is -4.52. The molecule has 0 saturated heterocycles. The highest BCUT2D eigenvalue weighted by Gasteiger charge is 2.32. The number of carbonyl (C=O) groups is 1. The number of hydrogen-bond acceptors (Lipinski definition) is 3. The maximum atomic E-state index is 12.6. The molecule has 1 atom stereocenters. The summed E-state index contributed by atoms with van der Waals surface area (Å²) in [5.74, 6) is -1.13. The molecule has 1 rings (SSSR count). The van der Waals surface area contributed by atoms with Crippen LogP contribution in [0.1, 0.15) is 26.3 Å². The molecule has 0 radical (unpaired) electrons. The number of nitrogens with zero attached hydrogens (tertiary/aromatic N) is 2. The van der Waals surface area contributed by atoms with E-state index in [1.54, 1.807) is 13.8 Å². The van der Waals surface area contributed by atoms with Gasteiger partial charge in [-0.05, 0) is 18.1 Å². The Bertz CT molecular complexity index is 461. The first-order valence-electron chi connectivity index (χ1n) is 5.65. The van der Waals surface area contributed by atoms with Gasteiger partial charge in [0.2, 0.25) is 5.91 Å². The van der Waals surface area contributed by atoms with Gasteiger partial charge in [0.15, 0.2) is 0 Å². The molecule has 1 unspecified atom stereocenters. The molecule has 1 aromatic rings. The number of halogens is 3. The summed E-state index contributed by atoms with van der Waals surface area (Å²) in [5, 5.41) is 9.89. The van der Waals surface area contributed by atoms with Crippen LogP contribution in [0.5, 0.6) is 0 Å². The third kappa shape index (κ3) is 3.66. The molecule has 4 nitrogen and oxygen atoms in total. The first-order valence-corrected chi connectivity index (χ1v) is 5.65. The average molecular weight is 276 g/mol. The molecule has 19 heavy (non-hydrogen) atoms. The van der Waals surface area contributed by atoms with E-state index in [1.165, 1.54) is 0 Å². The van der Waals surface area contributed by atoms with E-state index >= 15 is 0 Å². The van der Waals surface area contributed by atoms with Gasteiger partial charge in [-0.15, -0.1) is 0 Å². The Hall–Kier alpha value is -1.63. The van der Waals surface area contributed by atoms with E-state index in [4.69, 9.17) is 0 Å². The van der Waals surface area contributed by atoms with Gasteiger partial charge in [0.05, 0.1) is 5.56 Å². The Balaban J connectivity index is 3.21. The van der Waals surface area contributed by atoms with Crippen molar-refractivity contribution in [3.8, 4) is 0 Å². The molecular formula is C12H15F3N2O2. The standard InChI is InChI=1S/C12H15F3N2O2/c1-7(2)11(19)17(8(3)18)10-6-9(4-5-16-10)12(13,14)15/h4-7,11,19H,1-3H3. The third-order valence-corrected chi connectivity index (χ3v) is 2.52. The molecule has 0 aromatic carbocycles. The van der Waals surface area contributed by atoms with Crippen LogP contribution in [0, 0.1) is 5.92 Å². The number of aromatic nitrogens is 1. The number of alkyl halides is 3. The predicted molar refractivity (Wildman–Crippen MR) is 63.2 cm³/mol. The van der Waals surface area contributed by atoms with Crippen molar-refractivity contribution in [2.24, 2.45) is 5.92 Å². The summed E-state index contributed by atoms with van der Waals surface area (Å²) >= 11 is 0. The van der Waals surface area contributed by atoms with E-state index in [0.29, 0.717) is 0 Å². The fraction of sp³-hybridized carbons (Fsp3) is 0.500. The van der Waals surface area contributed by atoms with Crippen molar-refractivity contribution in [3.05, 3.63) is 23.9 Å². The summed E-state index contributed by atoms with van der Waals surface area (Å²) in [6.45, 7) is 4.45. The fourth-order valence-corrected chi connectivity index (χ4v) is 1.51. The summed E-state index contributed by atoms with van der Waals surface area (Å²) < 4.78 is 37.8. The van der Waals surface area contributed by atoms with Gasteiger partial charge in [-0.2, -0.15) is 13.2 Å². The molecule has 1 amide bonds. The van der Waals surface area contributed by atoms with Gasteiger partial charge in [0.25, 0.3) is 0 Å². The van der Waals surface area contributed by atoms with Crippen LogP contribution < -0.4 is 4.90 Å². The van der Waals surface area contributed by atoms with Gasteiger partial charge in [-0.25, -0.2) is 4.98 Å². The zero-order valence-corrected chi connectivity index (χ0v) is 10.8. The minimum Gasteiger partial charge on any atom is -0.373 e. The fourth-order valence-electron chi connectivity index (χ4n) is 1.51. The van der Waals surface area contributed by atoms with Gasteiger partial charge >= 0.3 is 6.18 Å². The summed E-state index contributed by atoms with van der Waals surface area (Å²) in [5.41, 5.74) is -0.917. The monoisotopic (exact) mass is 276 g/mol. The zero-order chi connectivity index (χ0) is 14.8. The van der Waals surface area contributed by atoms with Gasteiger partial charge in [-0.1, -0.05) is 13.8 Å². The number of amides is 1. The molecule has 106 valence electrons. The lowest BCUT2D eigenvalue weighted by Crippen LogP contribution is -2.42. The van der Waals surface area contributed by atoms with Crippen LogP contribution in [0.3, 0.4) is 0 Å². The molecule has 0 bridgehead atoms. The smallest absolute Gasteiger partial charge is 0.373 e. The Labute approximate surface area is 108 Å². The second kappa shape index (κ2) is 5.56. The summed E-state index contributed by atoms with van der Waals surface area (Å²) in [6.07, 6.45) is -4.79. The van der Waals surface area contributed by atoms with E-state index in [1.807, 2.05) is 0 Å². The maximum absolute atomic E-state index is 12.6. The number of pyridine rings is 1. The van der Waals surface area contributed by atoms with Gasteiger partial charge in [-0.3, -0.25) is 9.69 Å². The Kier molecular flexibility index (Phi) is 4.52. The summed E-state index contributed by atoms with van der Waals surface area (Å²) in [6, 6.07) is 1.55. The quantitative estimate of drug-likeness (QED) is 0.863. The number of anilines is 1. The van der Waals surface area contributed by atoms with Gasteiger partial charge < -0.3 is 5.11 Å². The number of aliphatic hydroxyl groups is 1. The molecule has 0 spiro atoms. The molecule has 0 saturated carbocycles. The molecule has 0 aliphatic carbocycles. The first kappa shape index (κ1) is 15.4. The van der Waals surface area contributed by atoms with Crippen molar-refractivity contribution in [2.75, 3.05) is 4.90 Å². The molecule has 0 aliphatic heterocycles. The van der Waals surface area contributed by atoms with Crippen molar-refractivity contribution in [1.82, 2.24) is 4.98 Å². The van der Waals surface area contributed by atoms with Crippen LogP contribution in [-0.2, 0) is 11.0 Å². The molecule has 1 aromatic heterocycles. The van der Waals surface area contributed by atoms with E-state index in [0.717, 1.165) is 30.2 Å². The summed E-state index contributed by atoms with van der Waals surface area (Å²) in [7, 11) is 0. The van der Waals surface area contributed by atoms with E-state index in [2.05, 4.69) is 4.98 Å². The molecule has 7 heteroatoms. The molecule has 0 fully saturated rings. The number of rotatable bonds is 3. The van der Waals surface area contributed by atoms with Crippen LogP contribution in [0.25, 0.3) is 0 Å².